The fourth-order valence-corrected chi connectivity index (χ4v) is 1.71. The minimum atomic E-state index is -0.131. The summed E-state index contributed by atoms with van der Waals surface area (Å²) in [5.74, 6) is 0.0401. The first-order valence-electron chi connectivity index (χ1n) is 5.98. The van der Waals surface area contributed by atoms with Crippen molar-refractivity contribution in [2.24, 2.45) is 0 Å². The lowest BCUT2D eigenvalue weighted by molar-refractivity contribution is -0.115. The zero-order chi connectivity index (χ0) is 13.8. The van der Waals surface area contributed by atoms with Gasteiger partial charge in [-0.05, 0) is 36.2 Å². The van der Waals surface area contributed by atoms with Crippen molar-refractivity contribution in [2.75, 3.05) is 11.1 Å². The molecule has 0 saturated carbocycles. The summed E-state index contributed by atoms with van der Waals surface area (Å²) >= 11 is 0. The molecule has 0 aliphatic rings. The molecule has 0 aromatic heterocycles. The average Bonchev–Trinajstić information content (AvgIpc) is 2.37. The largest absolute Gasteiger partial charge is 0.508 e. The number of hydrogen-bond donors (Lipinski definition) is 3. The smallest absolute Gasteiger partial charge is 0.228 e. The number of carbonyl (C=O) groups excluding carboxylic acids is 1. The summed E-state index contributed by atoms with van der Waals surface area (Å²) in [6.45, 7) is 1.80. The lowest BCUT2D eigenvalue weighted by atomic mass is 10.1. The third kappa shape index (κ3) is 3.48. The van der Waals surface area contributed by atoms with E-state index < -0.39 is 0 Å². The molecule has 0 bridgehead atoms. The lowest BCUT2D eigenvalue weighted by Gasteiger charge is -2.07. The molecule has 1 amide bonds. The molecule has 0 atom stereocenters. The van der Waals surface area contributed by atoms with Crippen LogP contribution in [0.5, 0.6) is 5.75 Å². The highest BCUT2D eigenvalue weighted by atomic mass is 16.3. The van der Waals surface area contributed by atoms with Gasteiger partial charge in [-0.1, -0.05) is 18.2 Å². The van der Waals surface area contributed by atoms with Crippen LogP contribution in [0.1, 0.15) is 11.1 Å². The zero-order valence-corrected chi connectivity index (χ0v) is 10.7. The minimum Gasteiger partial charge on any atom is -0.508 e. The zero-order valence-electron chi connectivity index (χ0n) is 10.7. The van der Waals surface area contributed by atoms with Crippen LogP contribution < -0.4 is 11.1 Å². The Morgan fingerprint density at radius 1 is 1.21 bits per heavy atom. The van der Waals surface area contributed by atoms with Gasteiger partial charge in [-0.3, -0.25) is 4.79 Å². The third-order valence-corrected chi connectivity index (χ3v) is 2.84. The number of phenolic OH excluding ortho intramolecular Hbond substituents is 1. The van der Waals surface area contributed by atoms with Crippen LogP contribution in [0.4, 0.5) is 11.4 Å². The van der Waals surface area contributed by atoms with Crippen molar-refractivity contribution in [3.63, 3.8) is 0 Å². The summed E-state index contributed by atoms with van der Waals surface area (Å²) in [6.07, 6.45) is 0.273. The summed E-state index contributed by atoms with van der Waals surface area (Å²) < 4.78 is 0. The molecule has 4 N–H and O–H groups in total. The quantitative estimate of drug-likeness (QED) is 0.738. The summed E-state index contributed by atoms with van der Waals surface area (Å²) in [7, 11) is 0. The molecule has 19 heavy (non-hydrogen) atoms. The van der Waals surface area contributed by atoms with E-state index in [1.807, 2.05) is 12.1 Å². The van der Waals surface area contributed by atoms with Crippen LogP contribution in [0, 0.1) is 6.92 Å². The third-order valence-electron chi connectivity index (χ3n) is 2.84. The normalized spacial score (nSPS) is 10.2. The molecule has 2 aromatic rings. The maximum Gasteiger partial charge on any atom is 0.228 e. The highest BCUT2D eigenvalue weighted by molar-refractivity contribution is 5.92. The van der Waals surface area contributed by atoms with Gasteiger partial charge >= 0.3 is 0 Å². The van der Waals surface area contributed by atoms with Crippen LogP contribution in [0.25, 0.3) is 0 Å². The van der Waals surface area contributed by atoms with Crippen LogP contribution in [0.3, 0.4) is 0 Å². The van der Waals surface area contributed by atoms with Gasteiger partial charge in [-0.2, -0.15) is 0 Å². The Labute approximate surface area is 111 Å². The van der Waals surface area contributed by atoms with Crippen LogP contribution >= 0.6 is 0 Å². The van der Waals surface area contributed by atoms with Gasteiger partial charge in [-0.25, -0.2) is 0 Å². The molecular formula is C15H16N2O2. The number of aryl methyl sites for hydroxylation is 1. The molecule has 0 heterocycles. The Hall–Kier alpha value is -2.49. The Balaban J connectivity index is 2.01. The molecule has 0 aliphatic heterocycles. The van der Waals surface area contributed by atoms with Crippen molar-refractivity contribution < 1.29 is 9.90 Å². The number of hydrogen-bond acceptors (Lipinski definition) is 3. The SMILES string of the molecule is Cc1ccc(NC(=O)Cc2ccc(N)cc2)cc1O. The Bertz CT molecular complexity index is 592. The number of amides is 1. The van der Waals surface area contributed by atoms with E-state index in [-0.39, 0.29) is 18.1 Å². The average molecular weight is 256 g/mol. The van der Waals surface area contributed by atoms with Crippen molar-refractivity contribution >= 4 is 17.3 Å². The summed E-state index contributed by atoms with van der Waals surface area (Å²) in [6, 6.07) is 12.2. The number of anilines is 2. The summed E-state index contributed by atoms with van der Waals surface area (Å²) in [5, 5.41) is 12.3. The monoisotopic (exact) mass is 256 g/mol. The van der Waals surface area contributed by atoms with Gasteiger partial charge in [0.25, 0.3) is 0 Å². The molecule has 0 fully saturated rings. The van der Waals surface area contributed by atoms with Crippen molar-refractivity contribution in [1.82, 2.24) is 0 Å². The topological polar surface area (TPSA) is 75.4 Å². The number of aromatic hydroxyl groups is 1. The molecule has 2 aromatic carbocycles. The summed E-state index contributed by atoms with van der Waals surface area (Å²) in [4.78, 5) is 11.8. The van der Waals surface area contributed by atoms with E-state index in [4.69, 9.17) is 5.73 Å². The first-order valence-corrected chi connectivity index (χ1v) is 5.98. The second-order valence-corrected chi connectivity index (χ2v) is 4.47. The van der Waals surface area contributed by atoms with Gasteiger partial charge in [0.05, 0.1) is 6.42 Å². The van der Waals surface area contributed by atoms with Crippen molar-refractivity contribution in [3.8, 4) is 5.75 Å². The minimum absolute atomic E-state index is 0.131. The number of nitrogens with one attached hydrogen (secondary N) is 1. The van der Waals surface area contributed by atoms with E-state index in [0.29, 0.717) is 11.4 Å². The first kappa shape index (κ1) is 13.0. The van der Waals surface area contributed by atoms with Gasteiger partial charge in [0.2, 0.25) is 5.91 Å². The van der Waals surface area contributed by atoms with E-state index >= 15 is 0 Å². The highest BCUT2D eigenvalue weighted by Gasteiger charge is 2.05. The molecule has 4 nitrogen and oxygen atoms in total. The van der Waals surface area contributed by atoms with Gasteiger partial charge in [0.15, 0.2) is 0 Å². The van der Waals surface area contributed by atoms with E-state index in [0.717, 1.165) is 11.1 Å². The van der Waals surface area contributed by atoms with Crippen LogP contribution in [-0.4, -0.2) is 11.0 Å². The molecule has 0 aliphatic carbocycles. The van der Waals surface area contributed by atoms with Crippen LogP contribution in [-0.2, 0) is 11.2 Å². The van der Waals surface area contributed by atoms with Gasteiger partial charge < -0.3 is 16.2 Å². The number of phenols is 1. The van der Waals surface area contributed by atoms with E-state index in [1.165, 1.54) is 6.07 Å². The van der Waals surface area contributed by atoms with Crippen LogP contribution in [0.2, 0.25) is 0 Å². The van der Waals surface area contributed by atoms with Gasteiger partial charge in [0.1, 0.15) is 5.75 Å². The molecule has 4 heteroatoms. The Kier molecular flexibility index (Phi) is 3.71. The number of rotatable bonds is 3. The molecule has 0 radical (unpaired) electrons. The number of carbonyl (C=O) groups is 1. The van der Waals surface area contributed by atoms with Gasteiger partial charge in [0, 0.05) is 17.4 Å². The molecular weight excluding hydrogens is 240 g/mol. The predicted molar refractivity (Wildman–Crippen MR) is 76.0 cm³/mol. The first-order chi connectivity index (χ1) is 9.04. The molecule has 0 saturated heterocycles. The highest BCUT2D eigenvalue weighted by Crippen LogP contribution is 2.20. The van der Waals surface area contributed by atoms with Crippen molar-refractivity contribution in [1.29, 1.82) is 0 Å². The molecule has 98 valence electrons. The molecule has 2 rings (SSSR count). The Morgan fingerprint density at radius 2 is 1.89 bits per heavy atom. The Morgan fingerprint density at radius 3 is 2.53 bits per heavy atom. The van der Waals surface area contributed by atoms with Crippen molar-refractivity contribution in [3.05, 3.63) is 53.6 Å². The summed E-state index contributed by atoms with van der Waals surface area (Å²) in [5.41, 5.74) is 8.51. The number of benzene rings is 2. The van der Waals surface area contributed by atoms with E-state index in [9.17, 15) is 9.90 Å². The fourth-order valence-electron chi connectivity index (χ4n) is 1.71. The molecule has 0 spiro atoms. The number of nitrogens with two attached hydrogens (primary N) is 1. The van der Waals surface area contributed by atoms with E-state index in [1.54, 1.807) is 31.2 Å². The van der Waals surface area contributed by atoms with E-state index in [2.05, 4.69) is 5.32 Å². The molecule has 0 unspecified atom stereocenters. The fraction of sp³-hybridized carbons (Fsp3) is 0.133. The standard InChI is InChI=1S/C15H16N2O2/c1-10-2-7-13(9-14(10)18)17-15(19)8-11-3-5-12(16)6-4-11/h2-7,9,18H,8,16H2,1H3,(H,17,19). The van der Waals surface area contributed by atoms with Gasteiger partial charge in [-0.15, -0.1) is 0 Å². The maximum atomic E-state index is 11.8. The van der Waals surface area contributed by atoms with Crippen molar-refractivity contribution in [2.45, 2.75) is 13.3 Å². The number of nitrogen functional groups attached to an aromatic ring is 1. The van der Waals surface area contributed by atoms with Crippen LogP contribution in [0.15, 0.2) is 42.5 Å². The second kappa shape index (κ2) is 5.44. The maximum absolute atomic E-state index is 11.8. The lowest BCUT2D eigenvalue weighted by Crippen LogP contribution is -2.14. The predicted octanol–water partition coefficient (Wildman–Crippen LogP) is 2.46. The second-order valence-electron chi connectivity index (χ2n) is 4.47.